The van der Waals surface area contributed by atoms with E-state index in [4.69, 9.17) is 11.6 Å². The average molecular weight is 251 g/mol. The van der Waals surface area contributed by atoms with E-state index in [1.807, 2.05) is 0 Å². The van der Waals surface area contributed by atoms with Crippen molar-refractivity contribution in [2.45, 2.75) is 6.92 Å². The number of benzene rings is 1. The number of ketones is 1. The Bertz CT molecular complexity index is 338. The average Bonchev–Trinajstić information content (AvgIpc) is 1.97. The molecule has 12 heavy (non-hydrogen) atoms. The third kappa shape index (κ3) is 1.67. The molecule has 64 valence electrons. The summed E-state index contributed by atoms with van der Waals surface area (Å²) >= 11 is 8.58. The molecule has 0 saturated carbocycles. The van der Waals surface area contributed by atoms with Gasteiger partial charge >= 0.3 is 0 Å². The molecular formula is C8H5BrClFO. The minimum Gasteiger partial charge on any atom is -0.294 e. The molecule has 0 radical (unpaired) electrons. The molecule has 0 aromatic heterocycles. The van der Waals surface area contributed by atoms with Crippen LogP contribution in [0.3, 0.4) is 0 Å². The van der Waals surface area contributed by atoms with Crippen molar-refractivity contribution in [3.8, 4) is 0 Å². The highest BCUT2D eigenvalue weighted by Gasteiger charge is 2.14. The first-order chi connectivity index (χ1) is 5.54. The van der Waals surface area contributed by atoms with Crippen LogP contribution < -0.4 is 0 Å². The predicted molar refractivity (Wildman–Crippen MR) is 49.1 cm³/mol. The van der Waals surface area contributed by atoms with Crippen molar-refractivity contribution in [2.24, 2.45) is 0 Å². The monoisotopic (exact) mass is 250 g/mol. The summed E-state index contributed by atoms with van der Waals surface area (Å²) in [4.78, 5) is 10.9. The number of rotatable bonds is 1. The van der Waals surface area contributed by atoms with Gasteiger partial charge in [-0.25, -0.2) is 4.39 Å². The molecule has 1 nitrogen and oxygen atoms in total. The first kappa shape index (κ1) is 9.68. The second kappa shape index (κ2) is 3.54. The molecule has 0 bridgehead atoms. The van der Waals surface area contributed by atoms with E-state index in [2.05, 4.69) is 15.9 Å². The lowest BCUT2D eigenvalue weighted by Crippen LogP contribution is -1.98. The highest BCUT2D eigenvalue weighted by molar-refractivity contribution is 9.10. The zero-order valence-electron chi connectivity index (χ0n) is 6.20. The topological polar surface area (TPSA) is 17.1 Å². The Balaban J connectivity index is 3.43. The first-order valence-electron chi connectivity index (χ1n) is 3.18. The van der Waals surface area contributed by atoms with E-state index in [0.29, 0.717) is 0 Å². The molecule has 4 heteroatoms. The van der Waals surface area contributed by atoms with E-state index < -0.39 is 5.82 Å². The molecule has 0 aliphatic carbocycles. The van der Waals surface area contributed by atoms with E-state index in [-0.39, 0.29) is 20.8 Å². The van der Waals surface area contributed by atoms with E-state index in [0.717, 1.165) is 0 Å². The van der Waals surface area contributed by atoms with Gasteiger partial charge in [0.05, 0.1) is 15.1 Å². The Kier molecular flexibility index (Phi) is 2.85. The summed E-state index contributed by atoms with van der Waals surface area (Å²) in [6.45, 7) is 1.27. The van der Waals surface area contributed by atoms with Crippen molar-refractivity contribution in [2.75, 3.05) is 0 Å². The van der Waals surface area contributed by atoms with Gasteiger partial charge in [0.2, 0.25) is 0 Å². The molecular weight excluding hydrogens is 246 g/mol. The molecule has 0 fully saturated rings. The van der Waals surface area contributed by atoms with Crippen molar-refractivity contribution in [1.82, 2.24) is 0 Å². The molecule has 1 aromatic rings. The van der Waals surface area contributed by atoms with E-state index >= 15 is 0 Å². The summed E-state index contributed by atoms with van der Waals surface area (Å²) in [7, 11) is 0. The quantitative estimate of drug-likeness (QED) is 0.552. The SMILES string of the molecule is CC(=O)c1c(Cl)ccc(Br)c1F. The molecule has 0 aliphatic rings. The van der Waals surface area contributed by atoms with Crippen LogP contribution in [-0.2, 0) is 0 Å². The molecule has 0 spiro atoms. The number of Topliss-reactive ketones (excluding diaryl/α,β-unsaturated/α-hetero) is 1. The molecule has 1 rings (SSSR count). The lowest BCUT2D eigenvalue weighted by molar-refractivity contribution is 0.101. The van der Waals surface area contributed by atoms with Crippen LogP contribution in [0.15, 0.2) is 16.6 Å². The summed E-state index contributed by atoms with van der Waals surface area (Å²) < 4.78 is 13.4. The van der Waals surface area contributed by atoms with Crippen molar-refractivity contribution < 1.29 is 9.18 Å². The lowest BCUT2D eigenvalue weighted by atomic mass is 10.1. The maximum Gasteiger partial charge on any atom is 0.164 e. The second-order valence-electron chi connectivity index (χ2n) is 2.27. The first-order valence-corrected chi connectivity index (χ1v) is 4.35. The highest BCUT2D eigenvalue weighted by Crippen LogP contribution is 2.25. The molecule has 0 N–H and O–H groups in total. The Hall–Kier alpha value is -0.410. The van der Waals surface area contributed by atoms with Crippen LogP contribution in [0.2, 0.25) is 5.02 Å². The summed E-state index contributed by atoms with van der Waals surface area (Å²) in [5.41, 5.74) is -0.0639. The van der Waals surface area contributed by atoms with Crippen LogP contribution >= 0.6 is 27.5 Å². The zero-order valence-corrected chi connectivity index (χ0v) is 8.54. The Morgan fingerprint density at radius 1 is 1.58 bits per heavy atom. The van der Waals surface area contributed by atoms with Gasteiger partial charge in [0.1, 0.15) is 5.82 Å². The van der Waals surface area contributed by atoms with E-state index in [1.165, 1.54) is 19.1 Å². The smallest absolute Gasteiger partial charge is 0.164 e. The standard InChI is InChI=1S/C8H5BrClFO/c1-4(12)7-6(10)3-2-5(9)8(7)11/h2-3H,1H3. The third-order valence-corrected chi connectivity index (χ3v) is 2.32. The Morgan fingerprint density at radius 3 is 2.58 bits per heavy atom. The minimum absolute atomic E-state index is 0.0639. The zero-order chi connectivity index (χ0) is 9.30. The van der Waals surface area contributed by atoms with Crippen molar-refractivity contribution >= 4 is 33.3 Å². The molecule has 0 atom stereocenters. The largest absolute Gasteiger partial charge is 0.294 e. The molecule has 0 unspecified atom stereocenters. The number of halogens is 3. The van der Waals surface area contributed by atoms with Gasteiger partial charge < -0.3 is 0 Å². The van der Waals surface area contributed by atoms with Gasteiger partial charge in [-0.3, -0.25) is 4.79 Å². The number of carbonyl (C=O) groups is 1. The van der Waals surface area contributed by atoms with Gasteiger partial charge in [-0.2, -0.15) is 0 Å². The fraction of sp³-hybridized carbons (Fsp3) is 0.125. The number of carbonyl (C=O) groups excluding carboxylic acids is 1. The van der Waals surface area contributed by atoms with Crippen LogP contribution in [0.25, 0.3) is 0 Å². The maximum atomic E-state index is 13.2. The second-order valence-corrected chi connectivity index (χ2v) is 3.54. The van der Waals surface area contributed by atoms with Gasteiger partial charge in [0, 0.05) is 0 Å². The van der Waals surface area contributed by atoms with Crippen LogP contribution in [0, 0.1) is 5.82 Å². The molecule has 0 aliphatic heterocycles. The number of hydrogen-bond acceptors (Lipinski definition) is 1. The number of hydrogen-bond donors (Lipinski definition) is 0. The summed E-state index contributed by atoms with van der Waals surface area (Å²) in [6.07, 6.45) is 0. The van der Waals surface area contributed by atoms with Crippen molar-refractivity contribution in [3.05, 3.63) is 33.0 Å². The lowest BCUT2D eigenvalue weighted by Gasteiger charge is -2.02. The maximum absolute atomic E-state index is 13.2. The van der Waals surface area contributed by atoms with Gasteiger partial charge in [0.15, 0.2) is 5.78 Å². The van der Waals surface area contributed by atoms with Crippen LogP contribution in [-0.4, -0.2) is 5.78 Å². The Morgan fingerprint density at radius 2 is 2.17 bits per heavy atom. The fourth-order valence-corrected chi connectivity index (χ4v) is 1.46. The molecule has 0 heterocycles. The summed E-state index contributed by atoms with van der Waals surface area (Å²) in [5.74, 6) is -0.978. The predicted octanol–water partition coefficient (Wildman–Crippen LogP) is 3.44. The molecule has 0 saturated heterocycles. The highest BCUT2D eigenvalue weighted by atomic mass is 79.9. The van der Waals surface area contributed by atoms with Crippen LogP contribution in [0.5, 0.6) is 0 Å². The van der Waals surface area contributed by atoms with E-state index in [1.54, 1.807) is 0 Å². The minimum atomic E-state index is -0.602. The van der Waals surface area contributed by atoms with Crippen LogP contribution in [0.1, 0.15) is 17.3 Å². The molecule has 0 amide bonds. The van der Waals surface area contributed by atoms with E-state index in [9.17, 15) is 9.18 Å². The Labute approximate surface area is 82.7 Å². The van der Waals surface area contributed by atoms with Crippen molar-refractivity contribution in [3.63, 3.8) is 0 Å². The third-order valence-electron chi connectivity index (χ3n) is 1.40. The van der Waals surface area contributed by atoms with Gasteiger partial charge in [-0.15, -0.1) is 0 Å². The van der Waals surface area contributed by atoms with Crippen LogP contribution in [0.4, 0.5) is 4.39 Å². The van der Waals surface area contributed by atoms with Crippen molar-refractivity contribution in [1.29, 1.82) is 0 Å². The summed E-state index contributed by atoms with van der Waals surface area (Å²) in [5, 5.41) is 0.142. The fourth-order valence-electron chi connectivity index (χ4n) is 0.850. The normalized spacial score (nSPS) is 10.0. The van der Waals surface area contributed by atoms with Gasteiger partial charge in [0.25, 0.3) is 0 Å². The van der Waals surface area contributed by atoms with Gasteiger partial charge in [-0.05, 0) is 35.0 Å². The summed E-state index contributed by atoms with van der Waals surface area (Å²) in [6, 6.07) is 2.94. The van der Waals surface area contributed by atoms with Gasteiger partial charge in [-0.1, -0.05) is 11.6 Å². The molecule has 1 aromatic carbocycles.